The number of unbranched alkanes of at least 4 members (excludes halogenated alkanes) is 5. The van der Waals surface area contributed by atoms with Crippen LogP contribution in [0.1, 0.15) is 117 Å². The Hall–Kier alpha value is 1.10. The summed E-state index contributed by atoms with van der Waals surface area (Å²) in [6.07, 6.45) is 20.3. The summed E-state index contributed by atoms with van der Waals surface area (Å²) in [4.78, 5) is -0.170. The Morgan fingerprint density at radius 2 is 1.04 bits per heavy atom. The molecule has 24 heavy (non-hydrogen) atoms. The largest absolute Gasteiger partial charge is 0.107 e. The molecule has 0 aromatic carbocycles. The van der Waals surface area contributed by atoms with E-state index in [0.29, 0.717) is 0 Å². The standard InChI is InChI=1S/C21H42Cl2.Mn/c1-4-6-13-19(3)14-10-8-9-11-16-20(15-7-5-2)17-12-18-21(22)23;/h19-21H,4-18H2,1-3H3;. The summed E-state index contributed by atoms with van der Waals surface area (Å²) in [5, 5.41) is 0. The summed E-state index contributed by atoms with van der Waals surface area (Å²) in [5.41, 5.74) is 0. The Labute approximate surface area is 173 Å². The van der Waals surface area contributed by atoms with Gasteiger partial charge in [-0.15, -0.1) is 23.2 Å². The summed E-state index contributed by atoms with van der Waals surface area (Å²) in [6.45, 7) is 7.02. The zero-order valence-electron chi connectivity index (χ0n) is 16.5. The van der Waals surface area contributed by atoms with Crippen molar-refractivity contribution in [3.05, 3.63) is 0 Å². The van der Waals surface area contributed by atoms with Crippen molar-refractivity contribution < 1.29 is 17.1 Å². The first-order chi connectivity index (χ1) is 11.1. The summed E-state index contributed by atoms with van der Waals surface area (Å²) in [6, 6.07) is 0. The van der Waals surface area contributed by atoms with Crippen LogP contribution in [0.2, 0.25) is 0 Å². The van der Waals surface area contributed by atoms with Gasteiger partial charge in [-0.3, -0.25) is 0 Å². The number of hydrogen-bond donors (Lipinski definition) is 0. The van der Waals surface area contributed by atoms with Gasteiger partial charge in [-0.05, 0) is 18.3 Å². The minimum absolute atomic E-state index is 0. The van der Waals surface area contributed by atoms with Gasteiger partial charge in [0, 0.05) is 17.1 Å². The Morgan fingerprint density at radius 1 is 0.583 bits per heavy atom. The molecule has 0 aromatic heterocycles. The molecule has 0 saturated heterocycles. The zero-order valence-corrected chi connectivity index (χ0v) is 19.2. The minimum atomic E-state index is -0.170. The molecule has 0 amide bonds. The van der Waals surface area contributed by atoms with E-state index in [1.54, 1.807) is 0 Å². The van der Waals surface area contributed by atoms with Crippen molar-refractivity contribution in [2.75, 3.05) is 0 Å². The molecule has 2 atom stereocenters. The van der Waals surface area contributed by atoms with Crippen LogP contribution in [0.5, 0.6) is 0 Å². The van der Waals surface area contributed by atoms with Crippen molar-refractivity contribution in [3.8, 4) is 0 Å². The van der Waals surface area contributed by atoms with Crippen LogP contribution in [0, 0.1) is 11.8 Å². The summed E-state index contributed by atoms with van der Waals surface area (Å²) < 4.78 is 0. The fourth-order valence-corrected chi connectivity index (χ4v) is 3.77. The summed E-state index contributed by atoms with van der Waals surface area (Å²) in [7, 11) is 0. The van der Waals surface area contributed by atoms with Gasteiger partial charge in [-0.1, -0.05) is 111 Å². The monoisotopic (exact) mass is 419 g/mol. The molecule has 2 unspecified atom stereocenters. The Kier molecular flexibility index (Phi) is 23.2. The number of rotatable bonds is 17. The van der Waals surface area contributed by atoms with Crippen molar-refractivity contribution in [1.29, 1.82) is 0 Å². The average Bonchev–Trinajstić information content (AvgIpc) is 2.52. The second-order valence-electron chi connectivity index (χ2n) is 7.57. The van der Waals surface area contributed by atoms with Crippen molar-refractivity contribution in [3.63, 3.8) is 0 Å². The van der Waals surface area contributed by atoms with E-state index in [-0.39, 0.29) is 21.9 Å². The molecule has 0 saturated carbocycles. The van der Waals surface area contributed by atoms with E-state index in [1.807, 2.05) is 0 Å². The van der Waals surface area contributed by atoms with Gasteiger partial charge in [0.25, 0.3) is 0 Å². The minimum Gasteiger partial charge on any atom is -0.105 e. The quantitative estimate of drug-likeness (QED) is 0.125. The topological polar surface area (TPSA) is 0 Å². The molecule has 0 fully saturated rings. The third kappa shape index (κ3) is 19.4. The maximum atomic E-state index is 5.85. The fraction of sp³-hybridized carbons (Fsp3) is 1.00. The van der Waals surface area contributed by atoms with Crippen LogP contribution in [0.3, 0.4) is 0 Å². The average molecular weight is 420 g/mol. The molecule has 0 spiro atoms. The van der Waals surface area contributed by atoms with Crippen LogP contribution in [0.25, 0.3) is 0 Å². The molecule has 0 aromatic rings. The van der Waals surface area contributed by atoms with E-state index in [9.17, 15) is 0 Å². The predicted molar refractivity (Wildman–Crippen MR) is 109 cm³/mol. The molecule has 0 N–H and O–H groups in total. The molecule has 0 aliphatic rings. The van der Waals surface area contributed by atoms with Crippen LogP contribution >= 0.6 is 23.2 Å². The molecule has 3 heteroatoms. The van der Waals surface area contributed by atoms with Crippen molar-refractivity contribution in [1.82, 2.24) is 0 Å². The van der Waals surface area contributed by atoms with Gasteiger partial charge in [-0.2, -0.15) is 0 Å². The molecule has 147 valence electrons. The zero-order chi connectivity index (χ0) is 17.3. The first-order valence-electron chi connectivity index (χ1n) is 10.4. The van der Waals surface area contributed by atoms with Crippen LogP contribution < -0.4 is 0 Å². The molecule has 0 bridgehead atoms. The normalized spacial score (nSPS) is 13.8. The molecule has 0 nitrogen and oxygen atoms in total. The van der Waals surface area contributed by atoms with Gasteiger partial charge in [-0.25, -0.2) is 0 Å². The second-order valence-corrected chi connectivity index (χ2v) is 8.85. The van der Waals surface area contributed by atoms with Crippen LogP contribution in [0.4, 0.5) is 0 Å². The molecular weight excluding hydrogens is 378 g/mol. The van der Waals surface area contributed by atoms with Gasteiger partial charge >= 0.3 is 0 Å². The maximum Gasteiger partial charge on any atom is 0.107 e. The van der Waals surface area contributed by atoms with E-state index in [2.05, 4.69) is 20.8 Å². The molecule has 0 rings (SSSR count). The number of alkyl halides is 2. The smallest absolute Gasteiger partial charge is 0.105 e. The molecule has 0 aliphatic carbocycles. The van der Waals surface area contributed by atoms with Crippen LogP contribution in [-0.4, -0.2) is 4.84 Å². The third-order valence-corrected chi connectivity index (χ3v) is 5.55. The molecule has 1 radical (unpaired) electrons. The van der Waals surface area contributed by atoms with Crippen molar-refractivity contribution >= 4 is 23.2 Å². The third-order valence-electron chi connectivity index (χ3n) is 5.11. The first-order valence-corrected chi connectivity index (χ1v) is 11.3. The predicted octanol–water partition coefficient (Wildman–Crippen LogP) is 8.93. The number of halogens is 2. The summed E-state index contributed by atoms with van der Waals surface area (Å²) >= 11 is 11.7. The van der Waals surface area contributed by atoms with Crippen molar-refractivity contribution in [2.45, 2.75) is 122 Å². The summed E-state index contributed by atoms with van der Waals surface area (Å²) in [5.74, 6) is 1.84. The van der Waals surface area contributed by atoms with E-state index in [4.69, 9.17) is 23.2 Å². The van der Waals surface area contributed by atoms with Crippen LogP contribution in [-0.2, 0) is 17.1 Å². The van der Waals surface area contributed by atoms with Crippen LogP contribution in [0.15, 0.2) is 0 Å². The van der Waals surface area contributed by atoms with E-state index < -0.39 is 0 Å². The SMILES string of the molecule is CCCCC(C)CCCCCCC(CCCC)CCCC(Cl)Cl.[Mn]. The van der Waals surface area contributed by atoms with Gasteiger partial charge in [0.05, 0.1) is 0 Å². The van der Waals surface area contributed by atoms with E-state index >= 15 is 0 Å². The van der Waals surface area contributed by atoms with Gasteiger partial charge in [0.15, 0.2) is 0 Å². The van der Waals surface area contributed by atoms with Gasteiger partial charge in [0.1, 0.15) is 4.84 Å². The number of hydrogen-bond acceptors (Lipinski definition) is 0. The Bertz CT molecular complexity index is 234. The molecule has 0 heterocycles. The maximum absolute atomic E-state index is 5.85. The van der Waals surface area contributed by atoms with Gasteiger partial charge in [0.2, 0.25) is 0 Å². The van der Waals surface area contributed by atoms with Crippen molar-refractivity contribution in [2.24, 2.45) is 11.8 Å². The molecular formula is C21H42Cl2Mn. The Balaban J connectivity index is 0. The second kappa shape index (κ2) is 20.4. The fourth-order valence-electron chi connectivity index (χ4n) is 3.46. The van der Waals surface area contributed by atoms with E-state index in [0.717, 1.165) is 18.3 Å². The first kappa shape index (κ1) is 27.3. The Morgan fingerprint density at radius 3 is 1.62 bits per heavy atom. The van der Waals surface area contributed by atoms with E-state index in [1.165, 1.54) is 89.9 Å². The molecule has 0 aliphatic heterocycles. The van der Waals surface area contributed by atoms with Gasteiger partial charge < -0.3 is 0 Å².